The van der Waals surface area contributed by atoms with Crippen molar-refractivity contribution in [2.45, 2.75) is 32.4 Å². The van der Waals surface area contributed by atoms with E-state index >= 15 is 0 Å². The fourth-order valence-electron chi connectivity index (χ4n) is 3.40. The summed E-state index contributed by atoms with van der Waals surface area (Å²) in [6, 6.07) is 18.6. The quantitative estimate of drug-likeness (QED) is 0.691. The van der Waals surface area contributed by atoms with E-state index in [-0.39, 0.29) is 17.1 Å². The van der Waals surface area contributed by atoms with Crippen molar-refractivity contribution in [3.63, 3.8) is 0 Å². The van der Waals surface area contributed by atoms with E-state index in [4.69, 9.17) is 4.74 Å². The molecule has 118 valence electrons. The molecule has 2 atom stereocenters. The molecule has 0 radical (unpaired) electrons. The lowest BCUT2D eigenvalue weighted by Crippen LogP contribution is -2.40. The second kappa shape index (κ2) is 4.90. The Morgan fingerprint density at radius 3 is 2.35 bits per heavy atom. The van der Waals surface area contributed by atoms with Gasteiger partial charge in [-0.2, -0.15) is 0 Å². The molecular formula is C19H21N3O. The number of nitrogens with zero attached hydrogens (tertiary/aromatic N) is 3. The first kappa shape index (κ1) is 14.4. The number of fused-ring (bicyclic) bond motifs is 1. The van der Waals surface area contributed by atoms with Crippen molar-refractivity contribution in [3.05, 3.63) is 60.2 Å². The van der Waals surface area contributed by atoms with Gasteiger partial charge in [-0.05, 0) is 23.1 Å². The third-order valence-corrected chi connectivity index (χ3v) is 4.90. The van der Waals surface area contributed by atoms with E-state index < -0.39 is 0 Å². The summed E-state index contributed by atoms with van der Waals surface area (Å²) in [5, 5.41) is 8.82. The maximum atomic E-state index is 6.06. The summed E-state index contributed by atoms with van der Waals surface area (Å²) in [5.74, 6) is 0. The summed E-state index contributed by atoms with van der Waals surface area (Å²) in [6.07, 6.45) is 0. The summed E-state index contributed by atoms with van der Waals surface area (Å²) in [7, 11) is 0. The first-order valence-electron chi connectivity index (χ1n) is 8.02. The fraction of sp³-hybridized carbons (Fsp3) is 0.368. The predicted molar refractivity (Wildman–Crippen MR) is 90.2 cm³/mol. The molecular weight excluding hydrogens is 286 g/mol. The third kappa shape index (κ3) is 2.17. The minimum Gasteiger partial charge on any atom is -0.366 e. The monoisotopic (exact) mass is 307 g/mol. The van der Waals surface area contributed by atoms with Crippen LogP contribution in [0.15, 0.2) is 54.6 Å². The topological polar surface area (TPSA) is 43.2 Å². The molecule has 2 heterocycles. The second-order valence-electron chi connectivity index (χ2n) is 7.26. The van der Waals surface area contributed by atoms with E-state index in [1.54, 1.807) is 0 Å². The van der Waals surface area contributed by atoms with Gasteiger partial charge in [0.05, 0.1) is 12.1 Å². The number of rotatable bonds is 3. The molecule has 0 unspecified atom stereocenters. The van der Waals surface area contributed by atoms with Crippen LogP contribution in [0, 0.1) is 5.41 Å². The zero-order valence-electron chi connectivity index (χ0n) is 13.7. The Labute approximate surface area is 136 Å². The van der Waals surface area contributed by atoms with Gasteiger partial charge in [-0.25, -0.2) is 4.68 Å². The zero-order chi connectivity index (χ0) is 16.1. The maximum Gasteiger partial charge on any atom is 0.123 e. The van der Waals surface area contributed by atoms with Crippen LogP contribution < -0.4 is 0 Å². The molecule has 4 heteroatoms. The molecule has 1 aliphatic heterocycles. The summed E-state index contributed by atoms with van der Waals surface area (Å²) in [6.45, 7) is 7.43. The minimum absolute atomic E-state index is 0.000557. The standard InChI is InChI=1S/C19H21N3O/c1-18(2,3)19(13-23-19)17(14-9-5-4-6-10-14)22-16-12-8-7-11-15(16)20-21-22/h4-12,17H,13H2,1-3H3/t17-,19+/m0/s1. The average molecular weight is 307 g/mol. The van der Waals surface area contributed by atoms with Crippen LogP contribution >= 0.6 is 0 Å². The van der Waals surface area contributed by atoms with Gasteiger partial charge in [0.15, 0.2) is 0 Å². The maximum absolute atomic E-state index is 6.06. The molecule has 3 aromatic rings. The molecule has 1 saturated heterocycles. The van der Waals surface area contributed by atoms with Gasteiger partial charge < -0.3 is 4.74 Å². The third-order valence-electron chi connectivity index (χ3n) is 4.90. The Morgan fingerprint density at radius 2 is 1.70 bits per heavy atom. The van der Waals surface area contributed by atoms with Crippen molar-refractivity contribution in [2.24, 2.45) is 5.41 Å². The smallest absolute Gasteiger partial charge is 0.123 e. The number of ether oxygens (including phenoxy) is 1. The van der Waals surface area contributed by atoms with Crippen molar-refractivity contribution in [1.82, 2.24) is 15.0 Å². The molecule has 4 nitrogen and oxygen atoms in total. The summed E-state index contributed by atoms with van der Waals surface area (Å²) in [4.78, 5) is 0. The largest absolute Gasteiger partial charge is 0.366 e. The second-order valence-corrected chi connectivity index (χ2v) is 7.26. The van der Waals surface area contributed by atoms with Crippen molar-refractivity contribution < 1.29 is 4.74 Å². The van der Waals surface area contributed by atoms with Crippen LogP contribution in [-0.4, -0.2) is 27.2 Å². The lowest BCUT2D eigenvalue weighted by atomic mass is 9.74. The van der Waals surface area contributed by atoms with Gasteiger partial charge in [-0.3, -0.25) is 0 Å². The molecule has 4 rings (SSSR count). The highest BCUT2D eigenvalue weighted by Crippen LogP contribution is 2.54. The van der Waals surface area contributed by atoms with E-state index in [9.17, 15) is 0 Å². The lowest BCUT2D eigenvalue weighted by molar-refractivity contribution is 0.108. The summed E-state index contributed by atoms with van der Waals surface area (Å²) < 4.78 is 8.09. The Bertz CT molecular complexity index is 828. The number of hydrogen-bond acceptors (Lipinski definition) is 3. The van der Waals surface area contributed by atoms with Crippen molar-refractivity contribution in [2.75, 3.05) is 6.61 Å². The van der Waals surface area contributed by atoms with E-state index in [0.717, 1.165) is 17.6 Å². The Balaban J connectivity index is 1.94. The van der Waals surface area contributed by atoms with Crippen LogP contribution in [-0.2, 0) is 4.74 Å². The van der Waals surface area contributed by atoms with Gasteiger partial charge in [0.1, 0.15) is 17.2 Å². The van der Waals surface area contributed by atoms with Gasteiger partial charge in [-0.15, -0.1) is 5.10 Å². The number of benzene rings is 2. The van der Waals surface area contributed by atoms with E-state index in [2.05, 4.69) is 61.4 Å². The summed E-state index contributed by atoms with van der Waals surface area (Å²) >= 11 is 0. The van der Waals surface area contributed by atoms with Gasteiger partial charge in [-0.1, -0.05) is 68.4 Å². The Kier molecular flexibility index (Phi) is 3.07. The minimum atomic E-state index is -0.259. The number of para-hydroxylation sites is 1. The molecule has 1 aromatic heterocycles. The molecule has 0 N–H and O–H groups in total. The van der Waals surface area contributed by atoms with Gasteiger partial charge in [0, 0.05) is 0 Å². The van der Waals surface area contributed by atoms with Crippen LogP contribution in [0.4, 0.5) is 0 Å². The molecule has 1 aliphatic rings. The SMILES string of the molecule is CC(C)(C)[C@]1([C@H](c2ccccc2)n2nnc3ccccc32)CO1. The van der Waals surface area contributed by atoms with Crippen molar-refractivity contribution in [3.8, 4) is 0 Å². The normalized spacial score (nSPS) is 22.2. The summed E-state index contributed by atoms with van der Waals surface area (Å²) in [5.41, 5.74) is 2.90. The molecule has 0 saturated carbocycles. The Hall–Kier alpha value is -2.20. The number of hydrogen-bond donors (Lipinski definition) is 0. The fourth-order valence-corrected chi connectivity index (χ4v) is 3.40. The molecule has 1 fully saturated rings. The van der Waals surface area contributed by atoms with Crippen LogP contribution in [0.5, 0.6) is 0 Å². The average Bonchev–Trinajstić information content (AvgIpc) is 3.24. The van der Waals surface area contributed by atoms with E-state index in [1.807, 2.05) is 28.9 Å². The molecule has 0 aliphatic carbocycles. The zero-order valence-corrected chi connectivity index (χ0v) is 13.7. The van der Waals surface area contributed by atoms with Crippen molar-refractivity contribution >= 4 is 11.0 Å². The van der Waals surface area contributed by atoms with Crippen LogP contribution in [0.3, 0.4) is 0 Å². The predicted octanol–water partition coefficient (Wildman–Crippen LogP) is 3.84. The van der Waals surface area contributed by atoms with Gasteiger partial charge in [0.2, 0.25) is 0 Å². The molecule has 23 heavy (non-hydrogen) atoms. The molecule has 2 aromatic carbocycles. The van der Waals surface area contributed by atoms with Crippen LogP contribution in [0.25, 0.3) is 11.0 Å². The van der Waals surface area contributed by atoms with E-state index in [0.29, 0.717) is 0 Å². The molecule has 0 amide bonds. The Morgan fingerprint density at radius 1 is 1.04 bits per heavy atom. The first-order chi connectivity index (χ1) is 11.0. The van der Waals surface area contributed by atoms with E-state index in [1.165, 1.54) is 5.56 Å². The first-order valence-corrected chi connectivity index (χ1v) is 8.02. The number of aromatic nitrogens is 3. The highest BCUT2D eigenvalue weighted by molar-refractivity contribution is 5.74. The van der Waals surface area contributed by atoms with Crippen LogP contribution in [0.1, 0.15) is 32.4 Å². The van der Waals surface area contributed by atoms with Crippen LogP contribution in [0.2, 0.25) is 0 Å². The van der Waals surface area contributed by atoms with Crippen molar-refractivity contribution in [1.29, 1.82) is 0 Å². The molecule has 0 bridgehead atoms. The highest BCUT2D eigenvalue weighted by Gasteiger charge is 2.61. The molecule has 0 spiro atoms. The van der Waals surface area contributed by atoms with Gasteiger partial charge in [0.25, 0.3) is 0 Å². The van der Waals surface area contributed by atoms with Gasteiger partial charge >= 0.3 is 0 Å². The highest BCUT2D eigenvalue weighted by atomic mass is 16.6. The lowest BCUT2D eigenvalue weighted by Gasteiger charge is -2.35. The number of epoxide rings is 1.